The van der Waals surface area contributed by atoms with Gasteiger partial charge in [0.2, 0.25) is 10.0 Å². The van der Waals surface area contributed by atoms with Crippen LogP contribution in [0.3, 0.4) is 0 Å². The van der Waals surface area contributed by atoms with Gasteiger partial charge in [-0.2, -0.15) is 0 Å². The normalized spacial score (nSPS) is 12.0. The van der Waals surface area contributed by atoms with E-state index < -0.39 is 34.0 Å². The molecule has 0 aliphatic heterocycles. The summed E-state index contributed by atoms with van der Waals surface area (Å²) in [4.78, 5) is 34.3. The molecule has 0 bridgehead atoms. The molecule has 10 nitrogen and oxygen atoms in total. The number of hydrogen-bond acceptors (Lipinski definition) is 7. The number of nitrogens with one attached hydrogen (secondary N) is 3. The Kier molecular flexibility index (Phi) is 8.69. The first-order chi connectivity index (χ1) is 12.7. The zero-order valence-electron chi connectivity index (χ0n) is 15.3. The van der Waals surface area contributed by atoms with Crippen molar-refractivity contribution in [2.45, 2.75) is 31.3 Å². The predicted molar refractivity (Wildman–Crippen MR) is 95.6 cm³/mol. The monoisotopic (exact) mass is 401 g/mol. The molecule has 1 aromatic rings. The number of benzene rings is 1. The van der Waals surface area contributed by atoms with Crippen LogP contribution in [0.4, 0.5) is 4.79 Å². The number of amides is 3. The van der Waals surface area contributed by atoms with Gasteiger partial charge in [-0.1, -0.05) is 0 Å². The van der Waals surface area contributed by atoms with Crippen LogP contribution >= 0.6 is 0 Å². The van der Waals surface area contributed by atoms with Crippen LogP contribution in [0, 0.1) is 0 Å². The minimum atomic E-state index is -3.80. The molecule has 27 heavy (non-hydrogen) atoms. The Morgan fingerprint density at radius 1 is 1.15 bits per heavy atom. The third-order valence-corrected chi connectivity index (χ3v) is 4.68. The number of hydrogen-bond donors (Lipinski definition) is 3. The Balaban J connectivity index is 2.47. The van der Waals surface area contributed by atoms with Crippen LogP contribution in [0.15, 0.2) is 29.2 Å². The fraction of sp³-hybridized carbons (Fsp3) is 0.438. The maximum absolute atomic E-state index is 12.2. The number of sulfonamides is 1. The quantitative estimate of drug-likeness (QED) is 0.500. The van der Waals surface area contributed by atoms with Gasteiger partial charge in [0.05, 0.1) is 17.9 Å². The molecular weight excluding hydrogens is 378 g/mol. The molecule has 0 aliphatic carbocycles. The summed E-state index contributed by atoms with van der Waals surface area (Å²) in [6, 6.07) is 5.09. The highest BCUT2D eigenvalue weighted by Gasteiger charge is 2.20. The molecule has 1 rings (SSSR count). The van der Waals surface area contributed by atoms with E-state index in [0.29, 0.717) is 12.4 Å². The van der Waals surface area contributed by atoms with E-state index in [9.17, 15) is 22.8 Å². The standard InChI is InChI=1S/C16H23N3O7S/c1-4-25-12-5-7-13(8-6-12)27(23,24)18-10-9-14(20)26-11(2)15(21)19-16(22)17-3/h5-8,11,18H,4,9-10H2,1-3H3,(H2,17,19,21,22). The summed E-state index contributed by atoms with van der Waals surface area (Å²) in [6.45, 7) is 3.36. The fourth-order valence-corrected chi connectivity index (χ4v) is 2.87. The zero-order valence-corrected chi connectivity index (χ0v) is 16.1. The summed E-state index contributed by atoms with van der Waals surface area (Å²) in [5, 5.41) is 4.15. The maximum Gasteiger partial charge on any atom is 0.321 e. The lowest BCUT2D eigenvalue weighted by Gasteiger charge is -2.13. The first kappa shape index (κ1) is 22.4. The van der Waals surface area contributed by atoms with E-state index in [-0.39, 0.29) is 17.9 Å². The number of carbonyl (C=O) groups excluding carboxylic acids is 3. The van der Waals surface area contributed by atoms with Gasteiger partial charge in [0.1, 0.15) is 5.75 Å². The molecule has 11 heteroatoms. The fourth-order valence-electron chi connectivity index (χ4n) is 1.84. The Morgan fingerprint density at radius 2 is 1.78 bits per heavy atom. The van der Waals surface area contributed by atoms with Crippen molar-refractivity contribution in [3.05, 3.63) is 24.3 Å². The van der Waals surface area contributed by atoms with Gasteiger partial charge in [-0.25, -0.2) is 17.9 Å². The van der Waals surface area contributed by atoms with Crippen molar-refractivity contribution in [1.82, 2.24) is 15.4 Å². The van der Waals surface area contributed by atoms with Crippen LogP contribution in [0.5, 0.6) is 5.75 Å². The van der Waals surface area contributed by atoms with Crippen LogP contribution in [0.1, 0.15) is 20.3 Å². The number of imide groups is 1. The van der Waals surface area contributed by atoms with Crippen LogP contribution in [-0.4, -0.2) is 52.6 Å². The van der Waals surface area contributed by atoms with E-state index in [2.05, 4.69) is 10.0 Å². The molecule has 150 valence electrons. The molecule has 0 spiro atoms. The Hall–Kier alpha value is -2.66. The third-order valence-electron chi connectivity index (χ3n) is 3.21. The zero-order chi connectivity index (χ0) is 20.4. The first-order valence-corrected chi connectivity index (χ1v) is 9.62. The number of esters is 1. The summed E-state index contributed by atoms with van der Waals surface area (Å²) >= 11 is 0. The molecule has 0 fully saturated rings. The lowest BCUT2D eigenvalue weighted by molar-refractivity contribution is -0.154. The van der Waals surface area contributed by atoms with Gasteiger partial charge in [-0.3, -0.25) is 14.9 Å². The molecule has 0 radical (unpaired) electrons. The van der Waals surface area contributed by atoms with E-state index >= 15 is 0 Å². The van der Waals surface area contributed by atoms with Gasteiger partial charge in [0, 0.05) is 13.6 Å². The van der Waals surface area contributed by atoms with Crippen LogP contribution in [0.25, 0.3) is 0 Å². The number of rotatable bonds is 9. The summed E-state index contributed by atoms with van der Waals surface area (Å²) in [7, 11) is -2.47. The lowest BCUT2D eigenvalue weighted by atomic mass is 10.3. The Labute approximate surface area is 157 Å². The minimum absolute atomic E-state index is 0.0256. The van der Waals surface area contributed by atoms with Crippen LogP contribution in [0.2, 0.25) is 0 Å². The molecule has 3 amide bonds. The Morgan fingerprint density at radius 3 is 2.33 bits per heavy atom. The second-order valence-corrected chi connectivity index (χ2v) is 7.02. The number of ether oxygens (including phenoxy) is 2. The van der Waals surface area contributed by atoms with Crippen molar-refractivity contribution in [3.63, 3.8) is 0 Å². The molecule has 0 aliphatic rings. The van der Waals surface area contributed by atoms with E-state index in [1.165, 1.54) is 38.2 Å². The molecule has 0 aromatic heterocycles. The van der Waals surface area contributed by atoms with Gasteiger partial charge < -0.3 is 14.8 Å². The van der Waals surface area contributed by atoms with Gasteiger partial charge in [-0.15, -0.1) is 0 Å². The largest absolute Gasteiger partial charge is 0.494 e. The van der Waals surface area contributed by atoms with Gasteiger partial charge in [0.25, 0.3) is 5.91 Å². The second kappa shape index (κ2) is 10.5. The molecule has 3 N–H and O–H groups in total. The van der Waals surface area contributed by atoms with E-state index in [1.54, 1.807) is 0 Å². The third kappa shape index (κ3) is 7.62. The van der Waals surface area contributed by atoms with Gasteiger partial charge >= 0.3 is 12.0 Å². The summed E-state index contributed by atoms with van der Waals surface area (Å²) in [6.07, 6.45) is -1.48. The van der Waals surface area contributed by atoms with Gasteiger partial charge in [-0.05, 0) is 38.1 Å². The van der Waals surface area contributed by atoms with Crippen molar-refractivity contribution in [2.24, 2.45) is 0 Å². The Bertz CT molecular complexity index is 763. The summed E-state index contributed by atoms with van der Waals surface area (Å²) in [5.41, 5.74) is 0. The van der Waals surface area contributed by atoms with E-state index in [0.717, 1.165) is 0 Å². The molecule has 0 heterocycles. The summed E-state index contributed by atoms with van der Waals surface area (Å²) < 4.78 is 36.7. The average Bonchev–Trinajstić information content (AvgIpc) is 2.62. The number of carbonyl (C=O) groups is 3. The van der Waals surface area contributed by atoms with Crippen molar-refractivity contribution in [3.8, 4) is 5.75 Å². The molecular formula is C16H23N3O7S. The highest BCUT2D eigenvalue weighted by atomic mass is 32.2. The first-order valence-electron chi connectivity index (χ1n) is 8.14. The highest BCUT2D eigenvalue weighted by molar-refractivity contribution is 7.89. The maximum atomic E-state index is 12.2. The van der Waals surface area contributed by atoms with E-state index in [4.69, 9.17) is 9.47 Å². The SMILES string of the molecule is CCOc1ccc(S(=O)(=O)NCCC(=O)OC(C)C(=O)NC(=O)NC)cc1. The second-order valence-electron chi connectivity index (χ2n) is 5.25. The van der Waals surface area contributed by atoms with Crippen molar-refractivity contribution in [2.75, 3.05) is 20.2 Å². The summed E-state index contributed by atoms with van der Waals surface area (Å²) in [5.74, 6) is -1.04. The molecule has 1 atom stereocenters. The lowest BCUT2D eigenvalue weighted by Crippen LogP contribution is -2.43. The van der Waals surface area contributed by atoms with Crippen molar-refractivity contribution >= 4 is 27.9 Å². The minimum Gasteiger partial charge on any atom is -0.494 e. The highest BCUT2D eigenvalue weighted by Crippen LogP contribution is 2.15. The predicted octanol–water partition coefficient (Wildman–Crippen LogP) is 0.141. The smallest absolute Gasteiger partial charge is 0.321 e. The van der Waals surface area contributed by atoms with Crippen molar-refractivity contribution < 1.29 is 32.3 Å². The molecule has 1 aromatic carbocycles. The average molecular weight is 401 g/mol. The molecule has 1 unspecified atom stereocenters. The van der Waals surface area contributed by atoms with E-state index in [1.807, 2.05) is 12.2 Å². The topological polar surface area (TPSA) is 140 Å². The number of urea groups is 1. The van der Waals surface area contributed by atoms with Crippen LogP contribution < -0.4 is 20.1 Å². The van der Waals surface area contributed by atoms with Crippen LogP contribution in [-0.2, 0) is 24.3 Å². The van der Waals surface area contributed by atoms with Gasteiger partial charge in [0.15, 0.2) is 6.10 Å². The molecule has 0 saturated carbocycles. The molecule has 0 saturated heterocycles. The van der Waals surface area contributed by atoms with Crippen molar-refractivity contribution in [1.29, 1.82) is 0 Å².